The summed E-state index contributed by atoms with van der Waals surface area (Å²) in [6, 6.07) is 7.48. The molecule has 0 aliphatic carbocycles. The predicted octanol–water partition coefficient (Wildman–Crippen LogP) is 5.12. The van der Waals surface area contributed by atoms with Gasteiger partial charge in [-0.1, -0.05) is 42.0 Å². The molecule has 0 spiro atoms. The van der Waals surface area contributed by atoms with Crippen LogP contribution >= 0.6 is 34.5 Å². The second-order valence-electron chi connectivity index (χ2n) is 3.72. The number of para-hydroxylation sites is 2. The molecule has 0 fully saturated rings. The zero-order valence-electron chi connectivity index (χ0n) is 10.4. The van der Waals surface area contributed by atoms with Gasteiger partial charge in [0, 0.05) is 0 Å². The van der Waals surface area contributed by atoms with Gasteiger partial charge in [0.2, 0.25) is 0 Å². The number of halogens is 2. The normalized spacial score (nSPS) is 10.5. The van der Waals surface area contributed by atoms with Crippen molar-refractivity contribution >= 4 is 34.5 Å². The summed E-state index contributed by atoms with van der Waals surface area (Å²) in [6.07, 6.45) is 0.938. The van der Waals surface area contributed by atoms with E-state index in [0.29, 0.717) is 34.3 Å². The Morgan fingerprint density at radius 3 is 2.63 bits per heavy atom. The fourth-order valence-electron chi connectivity index (χ4n) is 1.40. The van der Waals surface area contributed by atoms with Gasteiger partial charge in [-0.25, -0.2) is 0 Å². The monoisotopic (exact) mass is 317 g/mol. The summed E-state index contributed by atoms with van der Waals surface area (Å²) in [4.78, 5) is 4.92. The quantitative estimate of drug-likeness (QED) is 0.693. The number of benzene rings is 1. The van der Waals surface area contributed by atoms with Crippen LogP contribution in [-0.2, 0) is 5.88 Å². The molecule has 0 amide bonds. The number of hydrogen-bond acceptors (Lipinski definition) is 4. The van der Waals surface area contributed by atoms with E-state index in [0.717, 1.165) is 11.3 Å². The summed E-state index contributed by atoms with van der Waals surface area (Å²) in [5.74, 6) is 1.65. The lowest BCUT2D eigenvalue weighted by atomic mass is 10.3. The smallest absolute Gasteiger partial charge is 0.280 e. The van der Waals surface area contributed by atoms with Crippen LogP contribution in [0.4, 0.5) is 0 Å². The first kappa shape index (κ1) is 14.4. The summed E-state index contributed by atoms with van der Waals surface area (Å²) in [7, 11) is 0. The molecule has 0 unspecified atom stereocenters. The topological polar surface area (TPSA) is 31.4 Å². The minimum absolute atomic E-state index is 0.327. The van der Waals surface area contributed by atoms with Crippen LogP contribution in [0.5, 0.6) is 16.7 Å². The van der Waals surface area contributed by atoms with Gasteiger partial charge in [-0.2, -0.15) is 4.98 Å². The molecule has 19 heavy (non-hydrogen) atoms. The van der Waals surface area contributed by atoms with E-state index in [1.54, 1.807) is 0 Å². The fourth-order valence-corrected chi connectivity index (χ4v) is 2.73. The van der Waals surface area contributed by atoms with E-state index >= 15 is 0 Å². The lowest BCUT2D eigenvalue weighted by molar-refractivity contribution is 0.302. The summed E-state index contributed by atoms with van der Waals surface area (Å²) >= 11 is 13.0. The average molecular weight is 318 g/mol. The molecule has 3 nitrogen and oxygen atoms in total. The average Bonchev–Trinajstić information content (AvgIpc) is 2.78. The van der Waals surface area contributed by atoms with Gasteiger partial charge in [-0.05, 0) is 18.6 Å². The number of ether oxygens (including phenoxy) is 2. The molecule has 1 aromatic heterocycles. The van der Waals surface area contributed by atoms with Gasteiger partial charge in [0.25, 0.3) is 5.19 Å². The molecule has 0 bridgehead atoms. The second-order valence-corrected chi connectivity index (χ2v) is 5.40. The zero-order chi connectivity index (χ0) is 13.7. The SMILES string of the molecule is CCCOc1ccccc1Oc1nc(Cl)c(CCl)s1. The summed E-state index contributed by atoms with van der Waals surface area (Å²) in [5.41, 5.74) is 0. The number of alkyl halides is 1. The van der Waals surface area contributed by atoms with Crippen molar-refractivity contribution in [2.75, 3.05) is 6.61 Å². The molecule has 6 heteroatoms. The minimum atomic E-state index is 0.327. The maximum Gasteiger partial charge on any atom is 0.280 e. The van der Waals surface area contributed by atoms with Crippen molar-refractivity contribution in [3.8, 4) is 16.7 Å². The lowest BCUT2D eigenvalue weighted by Gasteiger charge is -2.09. The minimum Gasteiger partial charge on any atom is -0.490 e. The van der Waals surface area contributed by atoms with Crippen LogP contribution in [-0.4, -0.2) is 11.6 Å². The Morgan fingerprint density at radius 1 is 1.26 bits per heavy atom. The third-order valence-corrected chi connectivity index (χ3v) is 4.04. The fraction of sp³-hybridized carbons (Fsp3) is 0.308. The summed E-state index contributed by atoms with van der Waals surface area (Å²) in [5, 5.41) is 0.857. The molecule has 102 valence electrons. The Labute approximate surface area is 126 Å². The molecule has 1 aromatic carbocycles. The van der Waals surface area contributed by atoms with Gasteiger partial charge < -0.3 is 9.47 Å². The van der Waals surface area contributed by atoms with E-state index in [1.807, 2.05) is 24.3 Å². The van der Waals surface area contributed by atoms with Crippen LogP contribution in [0.2, 0.25) is 5.15 Å². The highest BCUT2D eigenvalue weighted by Gasteiger charge is 2.12. The Kier molecular flexibility index (Phi) is 5.31. The Balaban J connectivity index is 2.17. The molecule has 0 saturated heterocycles. The molecule has 2 aromatic rings. The van der Waals surface area contributed by atoms with E-state index in [-0.39, 0.29) is 0 Å². The third-order valence-electron chi connectivity index (χ3n) is 2.26. The van der Waals surface area contributed by atoms with Crippen molar-refractivity contribution in [3.05, 3.63) is 34.3 Å². The molecular weight excluding hydrogens is 305 g/mol. The van der Waals surface area contributed by atoms with Crippen LogP contribution in [0.1, 0.15) is 18.2 Å². The highest BCUT2D eigenvalue weighted by atomic mass is 35.5. The largest absolute Gasteiger partial charge is 0.490 e. The Morgan fingerprint density at radius 2 is 2.00 bits per heavy atom. The second kappa shape index (κ2) is 6.98. The van der Waals surface area contributed by atoms with Gasteiger partial charge in [-0.15, -0.1) is 11.6 Å². The number of nitrogens with zero attached hydrogens (tertiary/aromatic N) is 1. The van der Waals surface area contributed by atoms with Crippen LogP contribution in [0.25, 0.3) is 0 Å². The molecule has 0 aliphatic heterocycles. The van der Waals surface area contributed by atoms with Gasteiger partial charge in [0.15, 0.2) is 11.5 Å². The van der Waals surface area contributed by atoms with E-state index < -0.39 is 0 Å². The van der Waals surface area contributed by atoms with E-state index in [1.165, 1.54) is 11.3 Å². The van der Waals surface area contributed by atoms with Gasteiger partial charge in [0.1, 0.15) is 5.15 Å². The van der Waals surface area contributed by atoms with Crippen LogP contribution in [0.3, 0.4) is 0 Å². The van der Waals surface area contributed by atoms with E-state index in [9.17, 15) is 0 Å². The lowest BCUT2D eigenvalue weighted by Crippen LogP contribution is -1.97. The van der Waals surface area contributed by atoms with E-state index in [4.69, 9.17) is 32.7 Å². The highest BCUT2D eigenvalue weighted by Crippen LogP contribution is 2.36. The first-order chi connectivity index (χ1) is 9.24. The first-order valence-corrected chi connectivity index (χ1v) is 7.58. The van der Waals surface area contributed by atoms with Crippen LogP contribution in [0.15, 0.2) is 24.3 Å². The van der Waals surface area contributed by atoms with Crippen molar-refractivity contribution in [2.24, 2.45) is 0 Å². The summed E-state index contributed by atoms with van der Waals surface area (Å²) < 4.78 is 11.3. The standard InChI is InChI=1S/C13H13Cl2NO2S/c1-2-7-17-9-5-3-4-6-10(9)18-13-16-12(15)11(8-14)19-13/h3-6H,2,7-8H2,1H3. The zero-order valence-corrected chi connectivity index (χ0v) is 12.7. The van der Waals surface area contributed by atoms with Gasteiger partial charge in [0.05, 0.1) is 17.4 Å². The van der Waals surface area contributed by atoms with Gasteiger partial charge >= 0.3 is 0 Å². The number of rotatable bonds is 6. The van der Waals surface area contributed by atoms with Crippen molar-refractivity contribution in [2.45, 2.75) is 19.2 Å². The number of aromatic nitrogens is 1. The number of hydrogen-bond donors (Lipinski definition) is 0. The predicted molar refractivity (Wildman–Crippen MR) is 79.0 cm³/mol. The summed E-state index contributed by atoms with van der Waals surface area (Å²) in [6.45, 7) is 2.70. The first-order valence-electron chi connectivity index (χ1n) is 5.85. The van der Waals surface area contributed by atoms with E-state index in [2.05, 4.69) is 11.9 Å². The molecule has 2 rings (SSSR count). The van der Waals surface area contributed by atoms with Crippen LogP contribution < -0.4 is 9.47 Å². The molecule has 0 atom stereocenters. The molecule has 0 N–H and O–H groups in total. The molecular formula is C13H13Cl2NO2S. The molecule has 1 heterocycles. The van der Waals surface area contributed by atoms with Crippen LogP contribution in [0, 0.1) is 0 Å². The van der Waals surface area contributed by atoms with Crippen molar-refractivity contribution in [1.82, 2.24) is 4.98 Å². The molecule has 0 saturated carbocycles. The van der Waals surface area contributed by atoms with Gasteiger partial charge in [-0.3, -0.25) is 0 Å². The Bertz CT molecular complexity index is 545. The maximum atomic E-state index is 5.94. The molecule has 0 aliphatic rings. The van der Waals surface area contributed by atoms with Crippen molar-refractivity contribution < 1.29 is 9.47 Å². The van der Waals surface area contributed by atoms with Crippen molar-refractivity contribution in [3.63, 3.8) is 0 Å². The maximum absolute atomic E-state index is 5.94. The Hall–Kier alpha value is -0.970. The number of thiazole rings is 1. The van der Waals surface area contributed by atoms with Crippen molar-refractivity contribution in [1.29, 1.82) is 0 Å². The molecule has 0 radical (unpaired) electrons. The third kappa shape index (κ3) is 3.75. The highest BCUT2D eigenvalue weighted by molar-refractivity contribution is 7.14.